The van der Waals surface area contributed by atoms with Gasteiger partial charge in [-0.3, -0.25) is 4.79 Å². The quantitative estimate of drug-likeness (QED) is 0.897. The lowest BCUT2D eigenvalue weighted by molar-refractivity contribution is -0.141. The number of hydrogen-bond donors (Lipinski definition) is 1. The molecule has 3 nitrogen and oxygen atoms in total. The number of benzene rings is 1. The maximum atomic E-state index is 13.7. The maximum absolute atomic E-state index is 13.7. The van der Waals surface area contributed by atoms with E-state index in [-0.39, 0.29) is 5.82 Å². The van der Waals surface area contributed by atoms with Crippen molar-refractivity contribution < 1.29 is 14.3 Å². The molecule has 5 heteroatoms. The van der Waals surface area contributed by atoms with Gasteiger partial charge in [-0.1, -0.05) is 18.5 Å². The fourth-order valence-electron chi connectivity index (χ4n) is 1.76. The molecule has 18 heavy (non-hydrogen) atoms. The van der Waals surface area contributed by atoms with E-state index in [1.807, 2.05) is 0 Å². The van der Waals surface area contributed by atoms with Crippen molar-refractivity contribution in [2.24, 2.45) is 5.92 Å². The first kappa shape index (κ1) is 14.9. The lowest BCUT2D eigenvalue weighted by Gasteiger charge is -2.20. The molecule has 0 radical (unpaired) electrons. The molecule has 1 unspecified atom stereocenters. The predicted molar refractivity (Wildman–Crippen MR) is 69.3 cm³/mol. The lowest BCUT2D eigenvalue weighted by atomic mass is 10.1. The van der Waals surface area contributed by atoms with Crippen molar-refractivity contribution in [3.63, 3.8) is 0 Å². The summed E-state index contributed by atoms with van der Waals surface area (Å²) in [6.07, 6.45) is 0. The number of aryl methyl sites for hydroxylation is 1. The smallest absolute Gasteiger partial charge is 0.307 e. The normalized spacial score (nSPS) is 12.8. The van der Waals surface area contributed by atoms with E-state index >= 15 is 0 Å². The van der Waals surface area contributed by atoms with Gasteiger partial charge in [0.15, 0.2) is 0 Å². The highest BCUT2D eigenvalue weighted by Gasteiger charge is 2.16. The number of rotatable bonds is 5. The Kier molecular flexibility index (Phi) is 5.11. The third-order valence-electron chi connectivity index (χ3n) is 2.72. The third-order valence-corrected chi connectivity index (χ3v) is 3.06. The molecule has 0 aliphatic heterocycles. The molecule has 1 rings (SSSR count). The van der Waals surface area contributed by atoms with Gasteiger partial charge < -0.3 is 10.0 Å². The number of aliphatic carboxylic acids is 1. The molecule has 0 aliphatic carbocycles. The van der Waals surface area contributed by atoms with Crippen molar-refractivity contribution in [2.75, 3.05) is 13.6 Å². The van der Waals surface area contributed by atoms with Gasteiger partial charge in [-0.15, -0.1) is 0 Å². The number of carboxylic acids is 1. The Balaban J connectivity index is 2.76. The van der Waals surface area contributed by atoms with Crippen LogP contribution in [0.1, 0.15) is 18.1 Å². The monoisotopic (exact) mass is 273 g/mol. The Labute approximate surface area is 111 Å². The second-order valence-electron chi connectivity index (χ2n) is 4.64. The van der Waals surface area contributed by atoms with E-state index in [0.717, 1.165) is 5.56 Å². The van der Waals surface area contributed by atoms with Crippen LogP contribution in [0.2, 0.25) is 5.02 Å². The Morgan fingerprint density at radius 2 is 2.17 bits per heavy atom. The topological polar surface area (TPSA) is 40.5 Å². The first-order valence-corrected chi connectivity index (χ1v) is 6.05. The molecule has 1 aromatic carbocycles. The SMILES string of the molecule is Cc1cc(F)c(CN(C)CC(C)C(=O)O)c(Cl)c1. The molecule has 1 atom stereocenters. The minimum absolute atomic E-state index is 0.294. The van der Waals surface area contributed by atoms with Crippen molar-refractivity contribution in [3.05, 3.63) is 34.1 Å². The molecule has 0 amide bonds. The lowest BCUT2D eigenvalue weighted by Crippen LogP contribution is -2.28. The van der Waals surface area contributed by atoms with Crippen LogP contribution in [0.4, 0.5) is 4.39 Å². The number of nitrogens with zero attached hydrogens (tertiary/aromatic N) is 1. The van der Waals surface area contributed by atoms with Crippen molar-refractivity contribution in [2.45, 2.75) is 20.4 Å². The van der Waals surface area contributed by atoms with Crippen molar-refractivity contribution in [3.8, 4) is 0 Å². The largest absolute Gasteiger partial charge is 0.481 e. The van der Waals surface area contributed by atoms with Gasteiger partial charge in [0.25, 0.3) is 0 Å². The highest BCUT2D eigenvalue weighted by molar-refractivity contribution is 6.31. The van der Waals surface area contributed by atoms with E-state index in [2.05, 4.69) is 0 Å². The van der Waals surface area contributed by atoms with Crippen LogP contribution in [-0.2, 0) is 11.3 Å². The standard InChI is InChI=1S/C13H17ClFNO2/c1-8-4-11(14)10(12(15)5-8)7-16(3)6-9(2)13(17)18/h4-5,9H,6-7H2,1-3H3,(H,17,18). The second-order valence-corrected chi connectivity index (χ2v) is 5.05. The summed E-state index contributed by atoms with van der Waals surface area (Å²) in [5.74, 6) is -1.71. The molecule has 0 saturated heterocycles. The number of halogens is 2. The Hall–Kier alpha value is -1.13. The molecule has 1 N–H and O–H groups in total. The number of carboxylic acid groups (broad SMARTS) is 1. The van der Waals surface area contributed by atoms with Crippen LogP contribution in [0, 0.1) is 18.7 Å². The second kappa shape index (κ2) is 6.16. The molecule has 0 heterocycles. The summed E-state index contributed by atoms with van der Waals surface area (Å²) in [5, 5.41) is 9.19. The van der Waals surface area contributed by atoms with Gasteiger partial charge in [0, 0.05) is 23.7 Å². The zero-order chi connectivity index (χ0) is 13.9. The molecule has 100 valence electrons. The molecule has 0 aromatic heterocycles. The van der Waals surface area contributed by atoms with Crippen LogP contribution in [0.25, 0.3) is 0 Å². The summed E-state index contributed by atoms with van der Waals surface area (Å²) < 4.78 is 13.7. The highest BCUT2D eigenvalue weighted by Crippen LogP contribution is 2.22. The summed E-state index contributed by atoms with van der Waals surface area (Å²) >= 11 is 5.99. The molecule has 0 aliphatic rings. The average molecular weight is 274 g/mol. The van der Waals surface area contributed by atoms with E-state index in [9.17, 15) is 9.18 Å². The van der Waals surface area contributed by atoms with Gasteiger partial charge in [0.1, 0.15) is 5.82 Å². The zero-order valence-electron chi connectivity index (χ0n) is 10.7. The van der Waals surface area contributed by atoms with Gasteiger partial charge in [-0.05, 0) is 31.7 Å². The van der Waals surface area contributed by atoms with E-state index in [0.29, 0.717) is 23.7 Å². The number of hydrogen-bond acceptors (Lipinski definition) is 2. The zero-order valence-corrected chi connectivity index (χ0v) is 11.5. The van der Waals surface area contributed by atoms with Crippen LogP contribution in [0.5, 0.6) is 0 Å². The molecule has 0 fully saturated rings. The van der Waals surface area contributed by atoms with Gasteiger partial charge in [-0.2, -0.15) is 0 Å². The Bertz CT molecular complexity index is 428. The third kappa shape index (κ3) is 3.96. The van der Waals surface area contributed by atoms with Crippen molar-refractivity contribution in [1.82, 2.24) is 4.90 Å². The van der Waals surface area contributed by atoms with E-state index in [1.165, 1.54) is 6.07 Å². The first-order valence-electron chi connectivity index (χ1n) is 5.67. The maximum Gasteiger partial charge on any atom is 0.307 e. The average Bonchev–Trinajstić information content (AvgIpc) is 2.23. The molecular weight excluding hydrogens is 257 g/mol. The summed E-state index contributed by atoms with van der Waals surface area (Å²) in [5.41, 5.74) is 1.17. The van der Waals surface area contributed by atoms with Crippen molar-refractivity contribution >= 4 is 17.6 Å². The number of carbonyl (C=O) groups is 1. The van der Waals surface area contributed by atoms with Crippen LogP contribution >= 0.6 is 11.6 Å². The summed E-state index contributed by atoms with van der Waals surface area (Å²) in [4.78, 5) is 12.5. The summed E-state index contributed by atoms with van der Waals surface area (Å²) in [6, 6.07) is 3.13. The Morgan fingerprint density at radius 3 is 2.67 bits per heavy atom. The van der Waals surface area contributed by atoms with Crippen LogP contribution in [-0.4, -0.2) is 29.6 Å². The van der Waals surface area contributed by atoms with E-state index < -0.39 is 11.9 Å². The van der Waals surface area contributed by atoms with Crippen LogP contribution < -0.4 is 0 Å². The fourth-order valence-corrected chi connectivity index (χ4v) is 2.08. The predicted octanol–water partition coefficient (Wildman–Crippen LogP) is 2.94. The summed E-state index contributed by atoms with van der Waals surface area (Å²) in [7, 11) is 1.75. The van der Waals surface area contributed by atoms with E-state index in [1.54, 1.807) is 31.9 Å². The van der Waals surface area contributed by atoms with Gasteiger partial charge in [-0.25, -0.2) is 4.39 Å². The molecular formula is C13H17ClFNO2. The van der Waals surface area contributed by atoms with Gasteiger partial charge in [0.05, 0.1) is 5.92 Å². The van der Waals surface area contributed by atoms with Crippen molar-refractivity contribution in [1.29, 1.82) is 0 Å². The van der Waals surface area contributed by atoms with E-state index in [4.69, 9.17) is 16.7 Å². The minimum Gasteiger partial charge on any atom is -0.481 e. The van der Waals surface area contributed by atoms with Gasteiger partial charge in [0.2, 0.25) is 0 Å². The molecule has 0 spiro atoms. The van der Waals surface area contributed by atoms with Crippen LogP contribution in [0.3, 0.4) is 0 Å². The molecule has 0 saturated carbocycles. The van der Waals surface area contributed by atoms with Gasteiger partial charge >= 0.3 is 5.97 Å². The highest BCUT2D eigenvalue weighted by atomic mass is 35.5. The van der Waals surface area contributed by atoms with Crippen LogP contribution in [0.15, 0.2) is 12.1 Å². The molecule has 0 bridgehead atoms. The summed E-state index contributed by atoms with van der Waals surface area (Å²) in [6.45, 7) is 4.03. The molecule has 1 aromatic rings. The minimum atomic E-state index is -0.864. The first-order chi connectivity index (χ1) is 8.31. The fraction of sp³-hybridized carbons (Fsp3) is 0.462. The Morgan fingerprint density at radius 1 is 1.56 bits per heavy atom.